The fourth-order valence-corrected chi connectivity index (χ4v) is 4.02. The van der Waals surface area contributed by atoms with Crippen LogP contribution in [0.5, 0.6) is 11.5 Å². The van der Waals surface area contributed by atoms with E-state index in [1.165, 1.54) is 0 Å². The second kappa shape index (κ2) is 7.60. The van der Waals surface area contributed by atoms with Gasteiger partial charge in [0, 0.05) is 30.2 Å². The molecule has 3 heterocycles. The summed E-state index contributed by atoms with van der Waals surface area (Å²) in [6.07, 6.45) is 5.45. The van der Waals surface area contributed by atoms with Crippen molar-refractivity contribution < 1.29 is 14.3 Å². The Bertz CT molecular complexity index is 1020. The molecule has 2 aliphatic heterocycles. The zero-order valence-corrected chi connectivity index (χ0v) is 16.0. The first-order chi connectivity index (χ1) is 14.3. The Kier molecular flexibility index (Phi) is 4.65. The van der Waals surface area contributed by atoms with E-state index < -0.39 is 0 Å². The predicted octanol–water partition coefficient (Wildman–Crippen LogP) is 3.20. The fraction of sp³-hybridized carbons (Fsp3) is 0.273. The lowest BCUT2D eigenvalue weighted by Gasteiger charge is -2.24. The molecule has 0 radical (unpaired) electrons. The highest BCUT2D eigenvalue weighted by Gasteiger charge is 2.32. The van der Waals surface area contributed by atoms with Crippen molar-refractivity contribution in [1.82, 2.24) is 14.7 Å². The SMILES string of the molecule is O=C(Nc1cccc(-n2cccn2)c1)C1CCCN1Cc1cccc2c1OCO2. The van der Waals surface area contributed by atoms with Crippen molar-refractivity contribution in [2.24, 2.45) is 0 Å². The third-order valence-electron chi connectivity index (χ3n) is 5.40. The fourth-order valence-electron chi connectivity index (χ4n) is 4.02. The summed E-state index contributed by atoms with van der Waals surface area (Å²) in [5.41, 5.74) is 2.74. The molecular weight excluding hydrogens is 368 g/mol. The summed E-state index contributed by atoms with van der Waals surface area (Å²) in [7, 11) is 0. The molecule has 1 unspecified atom stereocenters. The number of nitrogens with one attached hydrogen (secondary N) is 1. The van der Waals surface area contributed by atoms with Crippen LogP contribution in [0.15, 0.2) is 60.9 Å². The lowest BCUT2D eigenvalue weighted by Crippen LogP contribution is -2.39. The Morgan fingerprint density at radius 1 is 1.17 bits per heavy atom. The highest BCUT2D eigenvalue weighted by molar-refractivity contribution is 5.95. The van der Waals surface area contributed by atoms with Crippen molar-refractivity contribution in [3.8, 4) is 17.2 Å². The average molecular weight is 390 g/mol. The first-order valence-electron chi connectivity index (χ1n) is 9.80. The van der Waals surface area contributed by atoms with Gasteiger partial charge in [0.1, 0.15) is 0 Å². The summed E-state index contributed by atoms with van der Waals surface area (Å²) in [4.78, 5) is 15.2. The summed E-state index contributed by atoms with van der Waals surface area (Å²) in [6.45, 7) is 1.80. The standard InChI is InChI=1S/C22H22N4O3/c27-22(24-17-6-2-7-18(13-17)26-12-4-10-23-26)19-8-3-11-25(19)14-16-5-1-9-20-21(16)29-15-28-20/h1-2,4-7,9-10,12-13,19H,3,8,11,14-15H2,(H,24,27). The van der Waals surface area contributed by atoms with Crippen molar-refractivity contribution in [3.05, 3.63) is 66.5 Å². The van der Waals surface area contributed by atoms with Crippen LogP contribution in [0.4, 0.5) is 5.69 Å². The van der Waals surface area contributed by atoms with E-state index in [1.807, 2.05) is 54.7 Å². The molecule has 148 valence electrons. The van der Waals surface area contributed by atoms with Crippen molar-refractivity contribution in [1.29, 1.82) is 0 Å². The number of carbonyl (C=O) groups is 1. The van der Waals surface area contributed by atoms with E-state index >= 15 is 0 Å². The largest absolute Gasteiger partial charge is 0.454 e. The van der Waals surface area contributed by atoms with Crippen molar-refractivity contribution in [2.75, 3.05) is 18.7 Å². The van der Waals surface area contributed by atoms with E-state index in [1.54, 1.807) is 10.9 Å². The quantitative estimate of drug-likeness (QED) is 0.725. The molecule has 7 nitrogen and oxygen atoms in total. The minimum absolute atomic E-state index is 0.0184. The van der Waals surface area contributed by atoms with Crippen LogP contribution in [0, 0.1) is 0 Å². The number of aromatic nitrogens is 2. The van der Waals surface area contributed by atoms with E-state index in [-0.39, 0.29) is 18.7 Å². The van der Waals surface area contributed by atoms with Gasteiger partial charge in [0.2, 0.25) is 12.7 Å². The molecule has 5 rings (SSSR count). The smallest absolute Gasteiger partial charge is 0.241 e. The number of anilines is 1. The Morgan fingerprint density at radius 3 is 3.00 bits per heavy atom. The summed E-state index contributed by atoms with van der Waals surface area (Å²) in [5.74, 6) is 1.59. The molecule has 1 N–H and O–H groups in total. The zero-order valence-electron chi connectivity index (χ0n) is 16.0. The molecule has 3 aromatic rings. The third kappa shape index (κ3) is 3.56. The second-order valence-corrected chi connectivity index (χ2v) is 7.27. The van der Waals surface area contributed by atoms with Gasteiger partial charge in [0.15, 0.2) is 11.5 Å². The van der Waals surface area contributed by atoms with Crippen LogP contribution in [0.1, 0.15) is 18.4 Å². The monoisotopic (exact) mass is 390 g/mol. The number of fused-ring (bicyclic) bond motifs is 1. The van der Waals surface area contributed by atoms with Gasteiger partial charge in [-0.15, -0.1) is 0 Å². The molecule has 1 atom stereocenters. The number of rotatable bonds is 5. The summed E-state index contributed by atoms with van der Waals surface area (Å²) >= 11 is 0. The van der Waals surface area contributed by atoms with E-state index in [0.29, 0.717) is 6.54 Å². The van der Waals surface area contributed by atoms with Crippen LogP contribution < -0.4 is 14.8 Å². The molecule has 1 saturated heterocycles. The van der Waals surface area contributed by atoms with Crippen LogP contribution in [0.2, 0.25) is 0 Å². The van der Waals surface area contributed by atoms with Gasteiger partial charge in [-0.1, -0.05) is 18.2 Å². The normalized spacial score (nSPS) is 18.1. The highest BCUT2D eigenvalue weighted by Crippen LogP contribution is 2.37. The number of likely N-dealkylation sites (tertiary alicyclic amines) is 1. The van der Waals surface area contributed by atoms with Gasteiger partial charge in [0.05, 0.1) is 11.7 Å². The number of amides is 1. The van der Waals surface area contributed by atoms with Gasteiger partial charge in [-0.2, -0.15) is 5.10 Å². The Balaban J connectivity index is 1.30. The van der Waals surface area contributed by atoms with Gasteiger partial charge in [-0.05, 0) is 49.7 Å². The van der Waals surface area contributed by atoms with Gasteiger partial charge in [-0.3, -0.25) is 9.69 Å². The topological polar surface area (TPSA) is 68.6 Å². The first kappa shape index (κ1) is 17.8. The number of benzene rings is 2. The lowest BCUT2D eigenvalue weighted by molar-refractivity contribution is -0.120. The van der Waals surface area contributed by atoms with E-state index in [2.05, 4.69) is 15.3 Å². The van der Waals surface area contributed by atoms with Gasteiger partial charge >= 0.3 is 0 Å². The number of hydrogen-bond donors (Lipinski definition) is 1. The van der Waals surface area contributed by atoms with Gasteiger partial charge in [0.25, 0.3) is 0 Å². The molecule has 7 heteroatoms. The van der Waals surface area contributed by atoms with Crippen LogP contribution in [-0.2, 0) is 11.3 Å². The number of nitrogens with zero attached hydrogens (tertiary/aromatic N) is 3. The molecule has 1 aromatic heterocycles. The third-order valence-corrected chi connectivity index (χ3v) is 5.40. The second-order valence-electron chi connectivity index (χ2n) is 7.27. The molecule has 1 fully saturated rings. The molecule has 2 aliphatic rings. The summed E-state index contributed by atoms with van der Waals surface area (Å²) < 4.78 is 12.9. The van der Waals surface area contributed by atoms with Crippen LogP contribution in [-0.4, -0.2) is 40.0 Å². The van der Waals surface area contributed by atoms with Gasteiger partial charge in [-0.25, -0.2) is 4.68 Å². The molecule has 0 saturated carbocycles. The van der Waals surface area contributed by atoms with Crippen molar-refractivity contribution in [3.63, 3.8) is 0 Å². The molecule has 0 aliphatic carbocycles. The predicted molar refractivity (Wildman–Crippen MR) is 108 cm³/mol. The number of carbonyl (C=O) groups excluding carboxylic acids is 1. The molecular formula is C22H22N4O3. The Labute approximate surface area is 168 Å². The van der Waals surface area contributed by atoms with Crippen molar-refractivity contribution in [2.45, 2.75) is 25.4 Å². The highest BCUT2D eigenvalue weighted by atomic mass is 16.7. The van der Waals surface area contributed by atoms with E-state index in [4.69, 9.17) is 9.47 Å². The number of hydrogen-bond acceptors (Lipinski definition) is 5. The minimum atomic E-state index is -0.165. The maximum atomic E-state index is 13.0. The Hall–Kier alpha value is -3.32. The summed E-state index contributed by atoms with van der Waals surface area (Å²) in [5, 5.41) is 7.32. The molecule has 1 amide bonds. The van der Waals surface area contributed by atoms with E-state index in [0.717, 1.165) is 47.8 Å². The maximum Gasteiger partial charge on any atom is 0.241 e. The van der Waals surface area contributed by atoms with Gasteiger partial charge < -0.3 is 14.8 Å². The number of ether oxygens (including phenoxy) is 2. The average Bonchev–Trinajstić information content (AvgIpc) is 3.49. The van der Waals surface area contributed by atoms with Crippen molar-refractivity contribution >= 4 is 11.6 Å². The van der Waals surface area contributed by atoms with Crippen LogP contribution >= 0.6 is 0 Å². The Morgan fingerprint density at radius 2 is 2.10 bits per heavy atom. The first-order valence-corrected chi connectivity index (χ1v) is 9.80. The number of para-hydroxylation sites is 1. The molecule has 0 bridgehead atoms. The zero-order chi connectivity index (χ0) is 19.6. The van der Waals surface area contributed by atoms with Crippen LogP contribution in [0.25, 0.3) is 5.69 Å². The maximum absolute atomic E-state index is 13.0. The molecule has 0 spiro atoms. The molecule has 2 aromatic carbocycles. The van der Waals surface area contributed by atoms with E-state index in [9.17, 15) is 4.79 Å². The molecule has 29 heavy (non-hydrogen) atoms. The minimum Gasteiger partial charge on any atom is -0.454 e. The summed E-state index contributed by atoms with van der Waals surface area (Å²) in [6, 6.07) is 15.3. The lowest BCUT2D eigenvalue weighted by atomic mass is 10.1. The van der Waals surface area contributed by atoms with Crippen LogP contribution in [0.3, 0.4) is 0 Å².